The summed E-state index contributed by atoms with van der Waals surface area (Å²) in [7, 11) is 0. The zero-order valence-electron chi connectivity index (χ0n) is 14.2. The lowest BCUT2D eigenvalue weighted by molar-refractivity contribution is -0.137. The summed E-state index contributed by atoms with van der Waals surface area (Å²) in [5.41, 5.74) is -0.0180. The number of halogens is 3. The van der Waals surface area contributed by atoms with E-state index in [0.29, 0.717) is 5.69 Å². The molecule has 3 rings (SSSR count). The fourth-order valence-corrected chi connectivity index (χ4v) is 2.89. The van der Waals surface area contributed by atoms with Gasteiger partial charge in [-0.15, -0.1) is 11.3 Å². The second-order valence-corrected chi connectivity index (χ2v) is 5.93. The fraction of sp³-hybridized carbons (Fsp3) is 0.222. The molecule has 138 valence electrons. The Balaban J connectivity index is 0.00000117. The van der Waals surface area contributed by atoms with Crippen molar-refractivity contribution in [1.29, 1.82) is 0 Å². The fourth-order valence-electron chi connectivity index (χ4n) is 2.20. The first-order chi connectivity index (χ1) is 12.4. The summed E-state index contributed by atoms with van der Waals surface area (Å²) in [6.07, 6.45) is -4.58. The zero-order chi connectivity index (χ0) is 19.2. The van der Waals surface area contributed by atoms with Crippen LogP contribution in [0.4, 0.5) is 13.2 Å². The first-order valence-corrected chi connectivity index (χ1v) is 8.85. The highest BCUT2D eigenvalue weighted by molar-refractivity contribution is 7.13. The van der Waals surface area contributed by atoms with Crippen LogP contribution in [0.2, 0.25) is 0 Å². The van der Waals surface area contributed by atoms with Crippen molar-refractivity contribution in [2.75, 3.05) is 0 Å². The van der Waals surface area contributed by atoms with Crippen LogP contribution >= 0.6 is 11.3 Å². The summed E-state index contributed by atoms with van der Waals surface area (Å²) in [6, 6.07) is 10.2. The lowest BCUT2D eigenvalue weighted by atomic mass is 10.1. The van der Waals surface area contributed by atoms with Crippen LogP contribution in [0.3, 0.4) is 0 Å². The molecular weight excluding hydrogens is 363 g/mol. The van der Waals surface area contributed by atoms with Crippen LogP contribution in [0.25, 0.3) is 10.6 Å². The number of nitrogens with one attached hydrogen (secondary N) is 2. The Morgan fingerprint density at radius 3 is 2.58 bits per heavy atom. The number of hydrogen-bond acceptors (Lipinski definition) is 3. The summed E-state index contributed by atoms with van der Waals surface area (Å²) < 4.78 is 38.8. The summed E-state index contributed by atoms with van der Waals surface area (Å²) in [6.45, 7) is 4.06. The Kier molecular flexibility index (Phi) is 6.57. The Morgan fingerprint density at radius 2 is 1.92 bits per heavy atom. The number of alkyl halides is 3. The van der Waals surface area contributed by atoms with Gasteiger partial charge in [-0.25, -0.2) is 0 Å². The molecule has 0 aliphatic heterocycles. The van der Waals surface area contributed by atoms with Gasteiger partial charge >= 0.3 is 6.18 Å². The van der Waals surface area contributed by atoms with Crippen LogP contribution in [-0.2, 0) is 12.7 Å². The van der Waals surface area contributed by atoms with Crippen LogP contribution in [0.5, 0.6) is 0 Å². The zero-order valence-corrected chi connectivity index (χ0v) is 15.0. The minimum absolute atomic E-state index is 0.0589. The van der Waals surface area contributed by atoms with Gasteiger partial charge in [-0.05, 0) is 29.6 Å². The molecule has 0 saturated carbocycles. The van der Waals surface area contributed by atoms with E-state index in [4.69, 9.17) is 0 Å². The smallest absolute Gasteiger partial charge is 0.346 e. The van der Waals surface area contributed by atoms with Gasteiger partial charge in [-0.1, -0.05) is 32.0 Å². The van der Waals surface area contributed by atoms with E-state index < -0.39 is 23.2 Å². The highest BCUT2D eigenvalue weighted by Gasteiger charge is 2.34. The topological polar surface area (TPSA) is 57.8 Å². The maximum absolute atomic E-state index is 12.9. The molecule has 0 saturated heterocycles. The molecule has 0 aliphatic carbocycles. The summed E-state index contributed by atoms with van der Waals surface area (Å²) in [4.78, 5) is 13.0. The second-order valence-electron chi connectivity index (χ2n) is 4.98. The minimum atomic E-state index is -4.58. The quantitative estimate of drug-likeness (QED) is 0.660. The number of H-pyrrole nitrogens is 1. The van der Waals surface area contributed by atoms with Gasteiger partial charge in [0, 0.05) is 0 Å². The normalized spacial score (nSPS) is 10.8. The Morgan fingerprint density at radius 1 is 1.19 bits per heavy atom. The number of aromatic amines is 1. The van der Waals surface area contributed by atoms with Gasteiger partial charge in [0.1, 0.15) is 5.69 Å². The molecule has 8 heteroatoms. The Labute approximate surface area is 153 Å². The second kappa shape index (κ2) is 8.66. The van der Waals surface area contributed by atoms with Crippen LogP contribution in [0.15, 0.2) is 47.8 Å². The maximum atomic E-state index is 12.9. The summed E-state index contributed by atoms with van der Waals surface area (Å²) in [5, 5.41) is 11.3. The van der Waals surface area contributed by atoms with Crippen molar-refractivity contribution in [3.8, 4) is 10.6 Å². The number of nitrogens with zero attached hydrogens (tertiary/aromatic N) is 1. The molecule has 2 aromatic heterocycles. The predicted octanol–water partition coefficient (Wildman–Crippen LogP) is 5.11. The average Bonchev–Trinajstić information content (AvgIpc) is 3.32. The number of carbonyl (C=O) groups excluding carboxylic acids is 1. The monoisotopic (exact) mass is 381 g/mol. The van der Waals surface area contributed by atoms with Crippen molar-refractivity contribution in [2.45, 2.75) is 26.6 Å². The minimum Gasteiger partial charge on any atom is -0.346 e. The molecule has 1 amide bonds. The molecular formula is C18H18F3N3OS. The van der Waals surface area contributed by atoms with Gasteiger partial charge in [0.2, 0.25) is 0 Å². The Bertz CT molecular complexity index is 841. The van der Waals surface area contributed by atoms with E-state index in [1.54, 1.807) is 6.07 Å². The standard InChI is InChI=1S/C16H12F3N3OS.C2H6/c17-16(18,19)12-5-2-1-4-11(12)15(23)20-9-10-8-13(22-21-10)14-6-3-7-24-14;1-2/h1-8H,9H2,(H,20,23)(H,21,22);1-2H3. The number of carbonyl (C=O) groups is 1. The largest absolute Gasteiger partial charge is 0.417 e. The highest BCUT2D eigenvalue weighted by atomic mass is 32.1. The molecule has 0 aliphatic rings. The van der Waals surface area contributed by atoms with Crippen LogP contribution in [-0.4, -0.2) is 16.1 Å². The molecule has 0 radical (unpaired) electrons. The summed E-state index contributed by atoms with van der Waals surface area (Å²) >= 11 is 1.52. The molecule has 0 atom stereocenters. The van der Waals surface area contributed by atoms with Crippen molar-refractivity contribution in [1.82, 2.24) is 15.5 Å². The first-order valence-electron chi connectivity index (χ1n) is 7.98. The number of thiophene rings is 1. The third kappa shape index (κ3) is 4.72. The van der Waals surface area contributed by atoms with E-state index in [1.807, 2.05) is 31.4 Å². The third-order valence-electron chi connectivity index (χ3n) is 3.32. The SMILES string of the molecule is CC.O=C(NCc1cc(-c2cccs2)n[nH]1)c1ccccc1C(F)(F)F. The predicted molar refractivity (Wildman–Crippen MR) is 95.9 cm³/mol. The van der Waals surface area contributed by atoms with Gasteiger partial charge in [0.25, 0.3) is 5.91 Å². The maximum Gasteiger partial charge on any atom is 0.417 e. The molecule has 4 nitrogen and oxygen atoms in total. The number of benzene rings is 1. The molecule has 1 aromatic carbocycles. The molecule has 0 unspecified atom stereocenters. The molecule has 3 aromatic rings. The molecule has 0 spiro atoms. The number of rotatable bonds is 4. The van der Waals surface area contributed by atoms with Crippen LogP contribution in [0, 0.1) is 0 Å². The number of aromatic nitrogens is 2. The average molecular weight is 381 g/mol. The van der Waals surface area contributed by atoms with Crippen molar-refractivity contribution in [3.05, 3.63) is 64.7 Å². The Hall–Kier alpha value is -2.61. The van der Waals surface area contributed by atoms with Crippen molar-refractivity contribution < 1.29 is 18.0 Å². The van der Waals surface area contributed by atoms with Crippen LogP contribution < -0.4 is 5.32 Å². The lowest BCUT2D eigenvalue weighted by Gasteiger charge is -2.12. The molecule has 0 bridgehead atoms. The van der Waals surface area contributed by atoms with Gasteiger partial charge in [0.05, 0.1) is 28.2 Å². The third-order valence-corrected chi connectivity index (χ3v) is 4.21. The van der Waals surface area contributed by atoms with Gasteiger partial charge in [0.15, 0.2) is 0 Å². The van der Waals surface area contributed by atoms with Gasteiger partial charge in [-0.2, -0.15) is 18.3 Å². The van der Waals surface area contributed by atoms with Crippen molar-refractivity contribution >= 4 is 17.2 Å². The van der Waals surface area contributed by atoms with Gasteiger partial charge < -0.3 is 5.32 Å². The van der Waals surface area contributed by atoms with Crippen molar-refractivity contribution in [3.63, 3.8) is 0 Å². The highest BCUT2D eigenvalue weighted by Crippen LogP contribution is 2.31. The molecule has 0 fully saturated rings. The van der Waals surface area contributed by atoms with E-state index in [-0.39, 0.29) is 6.54 Å². The van der Waals surface area contributed by atoms with Crippen molar-refractivity contribution in [2.24, 2.45) is 0 Å². The first kappa shape index (κ1) is 19.7. The van der Waals surface area contributed by atoms with E-state index in [9.17, 15) is 18.0 Å². The molecule has 26 heavy (non-hydrogen) atoms. The summed E-state index contributed by atoms with van der Waals surface area (Å²) in [5.74, 6) is -0.782. The van der Waals surface area contributed by atoms with Crippen LogP contribution in [0.1, 0.15) is 35.5 Å². The van der Waals surface area contributed by atoms with Gasteiger partial charge in [-0.3, -0.25) is 9.89 Å². The lowest BCUT2D eigenvalue weighted by Crippen LogP contribution is -2.26. The number of hydrogen-bond donors (Lipinski definition) is 2. The molecule has 2 heterocycles. The van der Waals surface area contributed by atoms with E-state index >= 15 is 0 Å². The van der Waals surface area contributed by atoms with E-state index in [1.165, 1.54) is 23.5 Å². The van der Waals surface area contributed by atoms with E-state index in [0.717, 1.165) is 22.7 Å². The van der Waals surface area contributed by atoms with E-state index in [2.05, 4.69) is 15.5 Å². The number of amides is 1. The molecule has 2 N–H and O–H groups in total.